The highest BCUT2D eigenvalue weighted by Crippen LogP contribution is 2.70. The van der Waals surface area contributed by atoms with Gasteiger partial charge in [0.15, 0.2) is 0 Å². The van der Waals surface area contributed by atoms with Crippen molar-refractivity contribution in [2.45, 2.75) is 283 Å². The SMILES string of the molecule is CC1CC(C(C)(F)F)CC(C(F)(F)F)C1.CC1CCCCC1C(F)(C(F)(F)F)C(F)(F)F.CC1CCCCC1C(F)(F)C(F)(F)C(C)(F)F.CCC1(F)C(F)(F)C(F)(F)C(C)(F)C(F)(F)C1(F)F.CCC1COCC1CC(F)(F)C(F)(F)C(F)(F)C(F)(F)C(F)(F)C(F)(F)C(F)(F)C(C)(F)F. The van der Waals surface area contributed by atoms with Gasteiger partial charge in [0.25, 0.3) is 0 Å². The molecule has 5 fully saturated rings. The molecular weight excluding hydrogens is 1520 g/mol. The Balaban J connectivity index is 0.000000655. The average Bonchev–Trinajstić information content (AvgIpc) is 0.726. The summed E-state index contributed by atoms with van der Waals surface area (Å²) in [6.45, 7) is 3.34. The molecule has 0 aromatic carbocycles. The van der Waals surface area contributed by atoms with E-state index >= 15 is 0 Å². The Labute approximate surface area is 546 Å². The van der Waals surface area contributed by atoms with Crippen LogP contribution in [0.4, 0.5) is 193 Å². The zero-order chi connectivity index (χ0) is 81.2. The van der Waals surface area contributed by atoms with Crippen molar-refractivity contribution in [3.8, 4) is 0 Å². The summed E-state index contributed by atoms with van der Waals surface area (Å²) in [5.74, 6) is -114. The number of rotatable bonds is 16. The zero-order valence-electron chi connectivity index (χ0n) is 53.5. The number of hydrogen-bond acceptors (Lipinski definition) is 1. The van der Waals surface area contributed by atoms with E-state index in [9.17, 15) is 193 Å². The molecule has 1 nitrogen and oxygen atoms in total. The van der Waals surface area contributed by atoms with E-state index in [4.69, 9.17) is 0 Å². The summed E-state index contributed by atoms with van der Waals surface area (Å²) in [6, 6.07) is 0. The van der Waals surface area contributed by atoms with Gasteiger partial charge in [-0.25, -0.2) is 22.0 Å². The molecule has 9 unspecified atom stereocenters. The maximum absolute atomic E-state index is 14.0. The summed E-state index contributed by atoms with van der Waals surface area (Å²) in [7, 11) is 0. The van der Waals surface area contributed by atoms with E-state index in [1.54, 1.807) is 6.92 Å². The molecule has 4 aliphatic carbocycles. The third-order valence-electron chi connectivity index (χ3n) is 18.9. The van der Waals surface area contributed by atoms with Gasteiger partial charge in [-0.2, -0.15) is 171 Å². The van der Waals surface area contributed by atoms with Gasteiger partial charge in [-0.15, -0.1) is 0 Å². The second-order valence-electron chi connectivity index (χ2n) is 26.4. The molecule has 0 amide bonds. The molecule has 0 spiro atoms. The van der Waals surface area contributed by atoms with Crippen LogP contribution in [0.3, 0.4) is 0 Å². The maximum atomic E-state index is 14.0. The Hall–Kier alpha value is -3.12. The van der Waals surface area contributed by atoms with E-state index in [2.05, 4.69) is 4.74 Å². The summed E-state index contributed by atoms with van der Waals surface area (Å²) in [4.78, 5) is 0. The van der Waals surface area contributed by atoms with Crippen molar-refractivity contribution in [2.24, 2.45) is 53.3 Å². The summed E-state index contributed by atoms with van der Waals surface area (Å²) in [5.41, 5.74) is -16.3. The van der Waals surface area contributed by atoms with Crippen LogP contribution < -0.4 is 0 Å². The second-order valence-corrected chi connectivity index (χ2v) is 26.4. The average molecular weight is 1590 g/mol. The first-order chi connectivity index (χ1) is 44.0. The molecular formula is C56H68F44O. The molecule has 1 heterocycles. The van der Waals surface area contributed by atoms with Gasteiger partial charge in [-0.1, -0.05) is 79.6 Å². The molecule has 0 N–H and O–H groups in total. The minimum Gasteiger partial charge on any atom is -0.381 e. The molecule has 0 radical (unpaired) electrons. The fourth-order valence-corrected chi connectivity index (χ4v) is 12.2. The van der Waals surface area contributed by atoms with Crippen LogP contribution in [-0.4, -0.2) is 144 Å². The monoisotopic (exact) mass is 1590 g/mol. The fourth-order valence-electron chi connectivity index (χ4n) is 12.2. The van der Waals surface area contributed by atoms with Crippen molar-refractivity contribution < 1.29 is 198 Å². The Morgan fingerprint density at radius 1 is 0.376 bits per heavy atom. The van der Waals surface area contributed by atoms with Crippen molar-refractivity contribution in [1.29, 1.82) is 0 Å². The molecule has 101 heavy (non-hydrogen) atoms. The number of halogens is 44. The van der Waals surface area contributed by atoms with Crippen LogP contribution in [-0.2, 0) is 4.74 Å². The molecule has 5 rings (SSSR count). The predicted molar refractivity (Wildman–Crippen MR) is 267 cm³/mol. The predicted octanol–water partition coefficient (Wildman–Crippen LogP) is 25.2. The number of ether oxygens (including phenoxy) is 1. The first-order valence-electron chi connectivity index (χ1n) is 29.9. The summed E-state index contributed by atoms with van der Waals surface area (Å²) in [6.07, 6.45) is -19.0. The first-order valence-corrected chi connectivity index (χ1v) is 29.9. The molecule has 0 aromatic heterocycles. The summed E-state index contributed by atoms with van der Waals surface area (Å²) >= 11 is 0. The van der Waals surface area contributed by atoms with E-state index in [1.165, 1.54) is 20.8 Å². The van der Waals surface area contributed by atoms with Crippen LogP contribution in [0.1, 0.15) is 152 Å². The quantitative estimate of drug-likeness (QED) is 0.140. The lowest BCUT2D eigenvalue weighted by Gasteiger charge is -2.54. The lowest BCUT2D eigenvalue weighted by molar-refractivity contribution is -0.457. The van der Waals surface area contributed by atoms with Gasteiger partial charge in [0.2, 0.25) is 17.3 Å². The topological polar surface area (TPSA) is 9.23 Å². The lowest BCUT2D eigenvalue weighted by Crippen LogP contribution is -2.83. The summed E-state index contributed by atoms with van der Waals surface area (Å²) in [5, 5.41) is 0. The van der Waals surface area contributed by atoms with Crippen LogP contribution in [0.5, 0.6) is 0 Å². The van der Waals surface area contributed by atoms with Crippen LogP contribution in [0.25, 0.3) is 0 Å². The smallest absolute Gasteiger partial charge is 0.381 e. The molecule has 5 aliphatic rings. The van der Waals surface area contributed by atoms with Crippen LogP contribution >= 0.6 is 0 Å². The molecule has 4 saturated carbocycles. The Morgan fingerprint density at radius 2 is 0.703 bits per heavy atom. The zero-order valence-corrected chi connectivity index (χ0v) is 53.5. The Morgan fingerprint density at radius 3 is 1.02 bits per heavy atom. The van der Waals surface area contributed by atoms with Crippen molar-refractivity contribution in [2.75, 3.05) is 13.2 Å². The number of alkyl halides is 44. The fraction of sp³-hybridized carbons (Fsp3) is 1.00. The Kier molecular flexibility index (Phi) is 28.3. The molecule has 45 heteroatoms. The summed E-state index contributed by atoms with van der Waals surface area (Å²) < 4.78 is 583. The third-order valence-corrected chi connectivity index (χ3v) is 18.9. The van der Waals surface area contributed by atoms with Crippen LogP contribution in [0, 0.1) is 53.3 Å². The van der Waals surface area contributed by atoms with E-state index in [1.807, 2.05) is 0 Å². The normalized spacial score (nSPS) is 30.1. The molecule has 0 aromatic rings. The van der Waals surface area contributed by atoms with E-state index in [-0.39, 0.29) is 71.3 Å². The third kappa shape index (κ3) is 16.8. The van der Waals surface area contributed by atoms with Crippen LogP contribution in [0.15, 0.2) is 0 Å². The van der Waals surface area contributed by atoms with Gasteiger partial charge in [0.1, 0.15) is 0 Å². The molecule has 1 aliphatic heterocycles. The van der Waals surface area contributed by atoms with Gasteiger partial charge in [0, 0.05) is 51.2 Å². The highest BCUT2D eigenvalue weighted by molar-refractivity contribution is 5.28. The highest BCUT2D eigenvalue weighted by Gasteiger charge is 2.98. The van der Waals surface area contributed by atoms with Crippen molar-refractivity contribution >= 4 is 0 Å². The van der Waals surface area contributed by atoms with Gasteiger partial charge in [-0.05, 0) is 82.0 Å². The minimum atomic E-state index is -8.36. The lowest BCUT2D eigenvalue weighted by atomic mass is 9.67. The van der Waals surface area contributed by atoms with Gasteiger partial charge in [0.05, 0.1) is 5.92 Å². The first kappa shape index (κ1) is 95.9. The highest BCUT2D eigenvalue weighted by atomic mass is 19.4. The molecule has 0 bridgehead atoms. The number of hydrogen-bond donors (Lipinski definition) is 0. The van der Waals surface area contributed by atoms with Crippen LogP contribution in [0.2, 0.25) is 0 Å². The van der Waals surface area contributed by atoms with Crippen molar-refractivity contribution in [3.63, 3.8) is 0 Å². The van der Waals surface area contributed by atoms with E-state index in [0.29, 0.717) is 32.6 Å². The van der Waals surface area contributed by atoms with E-state index in [0.717, 1.165) is 0 Å². The van der Waals surface area contributed by atoms with Crippen molar-refractivity contribution in [1.82, 2.24) is 0 Å². The molecule has 1 saturated heterocycles. The standard InChI is InChI=1S/C16H16F16O.C11H16F6.C10H13F7.C10H15F5.C9H8F10/c1-3-7-5-33-6-8(7)4-10(19,20)12(23,24)14(27,28)16(31,32)15(29,30)13(25,26)11(21,22)9(2,17)18;1-7-5-3-4-6-8(7)10(14,15)11(16,17)9(2,12)13;1-6-4-2-3-5-7(6)8(11,9(12,13)14)10(15,16)17;1-6-3-7(9(2,11)12)5-8(4-6)10(13,14)15;1-3-5(11)8(16,17)6(12,13)4(2,10)7(14,15)9(5,18)19/h7-8H,3-6H2,1-2H3;7-8H,3-6H2,1-2H3;6-7H,2-5H2,1H3;6-8H,3-5H2,1-2H3;3H2,1-2H3. The van der Waals surface area contributed by atoms with Gasteiger partial charge in [-0.3, -0.25) is 0 Å². The van der Waals surface area contributed by atoms with Crippen molar-refractivity contribution in [3.05, 3.63) is 0 Å². The largest absolute Gasteiger partial charge is 0.431 e. The maximum Gasteiger partial charge on any atom is 0.431 e. The van der Waals surface area contributed by atoms with E-state index < -0.39 is 217 Å². The second kappa shape index (κ2) is 29.8. The molecule has 606 valence electrons. The Bertz CT molecular complexity index is 2550. The molecule has 9 atom stereocenters. The minimum absolute atomic E-state index is 0.0178. The van der Waals surface area contributed by atoms with Gasteiger partial charge >= 0.3 is 113 Å². The van der Waals surface area contributed by atoms with Gasteiger partial charge < -0.3 is 4.74 Å².